The van der Waals surface area contributed by atoms with E-state index in [1.165, 1.54) is 19.1 Å². The van der Waals surface area contributed by atoms with Crippen molar-refractivity contribution in [3.63, 3.8) is 0 Å². The summed E-state index contributed by atoms with van der Waals surface area (Å²) >= 11 is 0. The average molecular weight is 678 g/mol. The van der Waals surface area contributed by atoms with Gasteiger partial charge in [0.1, 0.15) is 17.6 Å². The minimum Gasteiger partial charge on any atom is -0.376 e. The average Bonchev–Trinajstić information content (AvgIpc) is 3.54. The number of hydrogen-bond donors (Lipinski definition) is 3. The number of benzene rings is 1. The first-order valence-electron chi connectivity index (χ1n) is 17.2. The molecular formula is C35H47F4N5O4. The Balaban J connectivity index is 1.39. The van der Waals surface area contributed by atoms with Crippen LogP contribution in [0.25, 0.3) is 0 Å². The predicted molar refractivity (Wildman–Crippen MR) is 172 cm³/mol. The maximum Gasteiger partial charge on any atom is 0.416 e. The third kappa shape index (κ3) is 7.71. The van der Waals surface area contributed by atoms with Crippen molar-refractivity contribution in [2.45, 2.75) is 115 Å². The number of halogens is 4. The van der Waals surface area contributed by atoms with Gasteiger partial charge in [-0.1, -0.05) is 70.3 Å². The number of rotatable bonds is 11. The molecule has 2 atom stereocenters. The van der Waals surface area contributed by atoms with E-state index in [9.17, 15) is 27.6 Å². The number of ether oxygens (including phenoxy) is 1. The molecule has 2 unspecified atom stereocenters. The normalized spacial score (nSPS) is 20.2. The van der Waals surface area contributed by atoms with Gasteiger partial charge in [-0.25, -0.2) is 4.39 Å². The zero-order chi connectivity index (χ0) is 34.6. The Morgan fingerprint density at radius 1 is 0.917 bits per heavy atom. The number of aromatic nitrogens is 2. The second-order valence-corrected chi connectivity index (χ2v) is 14.1. The molecule has 2 heterocycles. The first-order chi connectivity index (χ1) is 22.8. The quantitative estimate of drug-likeness (QED) is 0.230. The molecule has 0 bridgehead atoms. The van der Waals surface area contributed by atoms with Gasteiger partial charge in [-0.2, -0.15) is 18.3 Å². The van der Waals surface area contributed by atoms with Crippen LogP contribution in [-0.4, -0.2) is 58.5 Å². The van der Waals surface area contributed by atoms with Crippen molar-refractivity contribution < 1.29 is 36.7 Å². The molecule has 2 aromatic rings. The summed E-state index contributed by atoms with van der Waals surface area (Å²) in [6.07, 6.45) is 7.12. The lowest BCUT2D eigenvalue weighted by molar-refractivity contribution is -0.266. The number of carbonyl (C=O) groups excluding carboxylic acids is 3. The molecule has 2 aliphatic carbocycles. The van der Waals surface area contributed by atoms with Crippen LogP contribution in [-0.2, 0) is 14.3 Å². The van der Waals surface area contributed by atoms with E-state index in [0.29, 0.717) is 5.69 Å². The van der Waals surface area contributed by atoms with Gasteiger partial charge in [-0.05, 0) is 62.3 Å². The van der Waals surface area contributed by atoms with Gasteiger partial charge in [0.15, 0.2) is 5.54 Å². The van der Waals surface area contributed by atoms with Gasteiger partial charge < -0.3 is 20.7 Å². The van der Waals surface area contributed by atoms with Crippen molar-refractivity contribution in [3.05, 3.63) is 47.5 Å². The highest BCUT2D eigenvalue weighted by molar-refractivity contribution is 6.01. The Bertz CT molecular complexity index is 1430. The van der Waals surface area contributed by atoms with Gasteiger partial charge in [0.05, 0.1) is 24.8 Å². The van der Waals surface area contributed by atoms with E-state index in [1.807, 2.05) is 19.2 Å². The van der Waals surface area contributed by atoms with Gasteiger partial charge in [0.2, 0.25) is 11.8 Å². The summed E-state index contributed by atoms with van der Waals surface area (Å²) in [5.74, 6) is -3.53. The number of hydrogen-bond acceptors (Lipinski definition) is 5. The number of carbonyl (C=O) groups is 3. The Morgan fingerprint density at radius 3 is 2.02 bits per heavy atom. The second kappa shape index (κ2) is 15.0. The molecule has 264 valence electrons. The summed E-state index contributed by atoms with van der Waals surface area (Å²) in [7, 11) is 0. The lowest BCUT2D eigenvalue weighted by atomic mass is 9.66. The Hall–Kier alpha value is -3.48. The summed E-state index contributed by atoms with van der Waals surface area (Å²) < 4.78 is 62.6. The highest BCUT2D eigenvalue weighted by Crippen LogP contribution is 2.42. The predicted octanol–water partition coefficient (Wildman–Crippen LogP) is 6.67. The minimum absolute atomic E-state index is 0.0846. The van der Waals surface area contributed by atoms with E-state index < -0.39 is 60.4 Å². The molecule has 3 aliphatic rings. The molecule has 0 radical (unpaired) electrons. The molecule has 3 amide bonds. The topological polar surface area (TPSA) is 114 Å². The van der Waals surface area contributed by atoms with Crippen LogP contribution in [0.4, 0.5) is 23.2 Å². The number of alkyl halides is 3. The maximum absolute atomic E-state index is 15.6. The Morgan fingerprint density at radius 2 is 1.52 bits per heavy atom. The van der Waals surface area contributed by atoms with Crippen LogP contribution in [0.3, 0.4) is 0 Å². The van der Waals surface area contributed by atoms with E-state index in [0.717, 1.165) is 70.3 Å². The van der Waals surface area contributed by atoms with Crippen molar-refractivity contribution in [2.24, 2.45) is 17.8 Å². The lowest BCUT2D eigenvalue weighted by Crippen LogP contribution is -2.70. The van der Waals surface area contributed by atoms with Gasteiger partial charge in [0, 0.05) is 12.2 Å². The van der Waals surface area contributed by atoms with Gasteiger partial charge in [0.25, 0.3) is 5.91 Å². The van der Waals surface area contributed by atoms with Crippen LogP contribution in [0.15, 0.2) is 30.5 Å². The first-order valence-corrected chi connectivity index (χ1v) is 17.2. The molecule has 0 spiro atoms. The molecule has 13 heteroatoms. The third-order valence-electron chi connectivity index (χ3n) is 10.5. The lowest BCUT2D eigenvalue weighted by Gasteiger charge is -2.43. The molecule has 3 N–H and O–H groups in total. The Labute approximate surface area is 278 Å². The highest BCUT2D eigenvalue weighted by Gasteiger charge is 2.61. The number of nitrogens with one attached hydrogen (secondary N) is 3. The zero-order valence-corrected chi connectivity index (χ0v) is 27.9. The smallest absolute Gasteiger partial charge is 0.376 e. The number of nitrogens with zero attached hydrogens (tertiary/aromatic N) is 2. The fourth-order valence-electron chi connectivity index (χ4n) is 7.65. The summed E-state index contributed by atoms with van der Waals surface area (Å²) in [4.78, 5) is 40.8. The van der Waals surface area contributed by atoms with E-state index in [-0.39, 0.29) is 35.0 Å². The summed E-state index contributed by atoms with van der Waals surface area (Å²) in [5, 5.41) is 12.1. The summed E-state index contributed by atoms with van der Waals surface area (Å²) in [6.45, 7) is 3.84. The fourth-order valence-corrected chi connectivity index (χ4v) is 7.65. The van der Waals surface area contributed by atoms with Crippen molar-refractivity contribution in [3.8, 4) is 0 Å². The van der Waals surface area contributed by atoms with Crippen LogP contribution >= 0.6 is 0 Å². The first kappa shape index (κ1) is 35.8. The molecule has 2 saturated carbocycles. The van der Waals surface area contributed by atoms with Gasteiger partial charge in [-0.3, -0.25) is 19.1 Å². The zero-order valence-electron chi connectivity index (χ0n) is 27.9. The summed E-state index contributed by atoms with van der Waals surface area (Å²) in [6, 6.07) is 4.36. The molecule has 1 aromatic carbocycles. The van der Waals surface area contributed by atoms with Crippen molar-refractivity contribution in [1.82, 2.24) is 20.4 Å². The SMILES string of the molecule is CC(C(=O)NC1(C(F)(F)F)COC1)c1ccc(NC(=O)C(NC(=O)c2ccnn2C(C)C)C(C2CCCCC2)C2CCCCC2)c(F)c1. The van der Waals surface area contributed by atoms with E-state index in [2.05, 4.69) is 15.7 Å². The molecule has 1 saturated heterocycles. The van der Waals surface area contributed by atoms with E-state index >= 15 is 4.39 Å². The standard InChI is InChI=1S/C35H47F4N5O4/c1-21(2)44-28(16-17-40-44)32(46)42-30(29(23-10-6-4-7-11-23)24-12-8-5-9-13-24)33(47)41-27-15-14-25(18-26(27)36)22(3)31(45)43-34(19-48-20-34)35(37,38)39/h14-18,21-24,29-30H,4-13,19-20H2,1-3H3,(H,41,47)(H,42,46)(H,43,45). The molecular weight excluding hydrogens is 630 g/mol. The summed E-state index contributed by atoms with van der Waals surface area (Å²) in [5.41, 5.74) is -2.13. The molecule has 9 nitrogen and oxygen atoms in total. The Kier molecular flexibility index (Phi) is 11.2. The maximum atomic E-state index is 15.6. The van der Waals surface area contributed by atoms with E-state index in [4.69, 9.17) is 4.74 Å². The van der Waals surface area contributed by atoms with E-state index in [1.54, 1.807) is 16.9 Å². The second-order valence-electron chi connectivity index (χ2n) is 14.1. The molecule has 1 aliphatic heterocycles. The van der Waals surface area contributed by atoms with Crippen molar-refractivity contribution in [1.29, 1.82) is 0 Å². The number of amides is 3. The van der Waals surface area contributed by atoms with Crippen molar-refractivity contribution >= 4 is 23.4 Å². The molecule has 48 heavy (non-hydrogen) atoms. The molecule has 5 rings (SSSR count). The molecule has 1 aromatic heterocycles. The fraction of sp³-hybridized carbons (Fsp3) is 0.657. The van der Waals surface area contributed by atoms with Gasteiger partial charge in [-0.15, -0.1) is 0 Å². The van der Waals surface area contributed by atoms with Gasteiger partial charge >= 0.3 is 6.18 Å². The molecule has 3 fully saturated rings. The van der Waals surface area contributed by atoms with Crippen LogP contribution in [0.1, 0.15) is 113 Å². The van der Waals surface area contributed by atoms with Crippen molar-refractivity contribution in [2.75, 3.05) is 18.5 Å². The minimum atomic E-state index is -4.70. The highest BCUT2D eigenvalue weighted by atomic mass is 19.4. The van der Waals surface area contributed by atoms with Crippen LogP contribution in [0, 0.1) is 23.6 Å². The van der Waals surface area contributed by atoms with Crippen LogP contribution in [0.5, 0.6) is 0 Å². The van der Waals surface area contributed by atoms with Crippen LogP contribution < -0.4 is 16.0 Å². The third-order valence-corrected chi connectivity index (χ3v) is 10.5. The van der Waals surface area contributed by atoms with Crippen LogP contribution in [0.2, 0.25) is 0 Å². The number of anilines is 1. The monoisotopic (exact) mass is 677 g/mol. The largest absolute Gasteiger partial charge is 0.416 e.